The summed E-state index contributed by atoms with van der Waals surface area (Å²) in [6, 6.07) is 8.85. The lowest BCUT2D eigenvalue weighted by Gasteiger charge is -2.20. The van der Waals surface area contributed by atoms with Crippen LogP contribution in [0.1, 0.15) is 41.0 Å². The third-order valence-corrected chi connectivity index (χ3v) is 5.42. The van der Waals surface area contributed by atoms with Gasteiger partial charge in [0.1, 0.15) is 0 Å². The summed E-state index contributed by atoms with van der Waals surface area (Å²) in [6.07, 6.45) is 1.11. The molecule has 108 valence electrons. The van der Waals surface area contributed by atoms with E-state index in [2.05, 4.69) is 66.3 Å². The van der Waals surface area contributed by atoms with Crippen molar-refractivity contribution in [3.63, 3.8) is 0 Å². The van der Waals surface area contributed by atoms with Crippen LogP contribution in [-0.2, 0) is 0 Å². The van der Waals surface area contributed by atoms with Gasteiger partial charge < -0.3 is 5.32 Å². The predicted octanol–water partition coefficient (Wildman–Crippen LogP) is 5.87. The van der Waals surface area contributed by atoms with Crippen molar-refractivity contribution in [2.24, 2.45) is 0 Å². The highest BCUT2D eigenvalue weighted by Gasteiger charge is 2.19. The maximum Gasteiger partial charge on any atom is 0.0961 e. The lowest BCUT2D eigenvalue weighted by atomic mass is 9.99. The van der Waals surface area contributed by atoms with E-state index in [0.29, 0.717) is 0 Å². The molecule has 2 aromatic rings. The average Bonchev–Trinajstić information content (AvgIpc) is 2.74. The first kappa shape index (κ1) is 16.0. The van der Waals surface area contributed by atoms with Crippen molar-refractivity contribution in [3.8, 4) is 0 Å². The van der Waals surface area contributed by atoms with Gasteiger partial charge in [-0.1, -0.05) is 40.5 Å². The molecule has 20 heavy (non-hydrogen) atoms. The fraction of sp³-hybridized carbons (Fsp3) is 0.375. The van der Waals surface area contributed by atoms with Crippen LogP contribution in [0.25, 0.3) is 0 Å². The van der Waals surface area contributed by atoms with Gasteiger partial charge in [-0.25, -0.2) is 0 Å². The highest BCUT2D eigenvalue weighted by molar-refractivity contribution is 9.10. The molecule has 1 aromatic carbocycles. The molecule has 0 saturated carbocycles. The molecule has 0 spiro atoms. The van der Waals surface area contributed by atoms with Crippen LogP contribution in [0, 0.1) is 13.8 Å². The van der Waals surface area contributed by atoms with E-state index in [0.717, 1.165) is 27.3 Å². The smallest absolute Gasteiger partial charge is 0.0961 e. The fourth-order valence-corrected chi connectivity index (χ4v) is 3.89. The number of rotatable bonds is 5. The SMILES string of the molecule is CCCNC(c1cc(C)c(Cl)s1)c1cc(Br)ccc1C. The van der Waals surface area contributed by atoms with E-state index in [9.17, 15) is 0 Å². The number of thiophene rings is 1. The van der Waals surface area contributed by atoms with E-state index in [1.807, 2.05) is 0 Å². The quantitative estimate of drug-likeness (QED) is 0.692. The van der Waals surface area contributed by atoms with Crippen molar-refractivity contribution >= 4 is 38.9 Å². The van der Waals surface area contributed by atoms with E-state index < -0.39 is 0 Å². The van der Waals surface area contributed by atoms with Gasteiger partial charge in [0, 0.05) is 9.35 Å². The molecular weight excluding hydrogens is 354 g/mol. The summed E-state index contributed by atoms with van der Waals surface area (Å²) in [5.41, 5.74) is 3.76. The summed E-state index contributed by atoms with van der Waals surface area (Å²) in [7, 11) is 0. The molecule has 0 bridgehead atoms. The molecule has 0 aliphatic heterocycles. The van der Waals surface area contributed by atoms with E-state index in [-0.39, 0.29) is 6.04 Å². The molecule has 0 amide bonds. The van der Waals surface area contributed by atoms with Crippen molar-refractivity contribution in [3.05, 3.63) is 54.6 Å². The maximum absolute atomic E-state index is 6.25. The Morgan fingerprint density at radius 3 is 2.60 bits per heavy atom. The standard InChI is InChI=1S/C16H19BrClNS/c1-4-7-19-15(14-8-11(3)16(18)20-14)13-9-12(17)6-5-10(13)2/h5-6,8-9,15,19H,4,7H2,1-3H3. The van der Waals surface area contributed by atoms with E-state index in [4.69, 9.17) is 11.6 Å². The maximum atomic E-state index is 6.25. The van der Waals surface area contributed by atoms with Gasteiger partial charge in [-0.2, -0.15) is 0 Å². The third-order valence-electron chi connectivity index (χ3n) is 3.31. The number of benzene rings is 1. The lowest BCUT2D eigenvalue weighted by Crippen LogP contribution is -2.23. The lowest BCUT2D eigenvalue weighted by molar-refractivity contribution is 0.603. The van der Waals surface area contributed by atoms with Gasteiger partial charge >= 0.3 is 0 Å². The van der Waals surface area contributed by atoms with Crippen molar-refractivity contribution in [2.75, 3.05) is 6.54 Å². The molecule has 0 aliphatic rings. The van der Waals surface area contributed by atoms with Crippen molar-refractivity contribution in [2.45, 2.75) is 33.2 Å². The van der Waals surface area contributed by atoms with Crippen LogP contribution in [-0.4, -0.2) is 6.54 Å². The number of halogens is 2. The monoisotopic (exact) mass is 371 g/mol. The van der Waals surface area contributed by atoms with Gasteiger partial charge in [-0.05, 0) is 61.7 Å². The zero-order valence-electron chi connectivity index (χ0n) is 12.0. The highest BCUT2D eigenvalue weighted by Crippen LogP contribution is 2.35. The molecule has 1 atom stereocenters. The molecule has 0 fully saturated rings. The normalized spacial score (nSPS) is 12.7. The average molecular weight is 373 g/mol. The van der Waals surface area contributed by atoms with Gasteiger partial charge in [0.05, 0.1) is 10.4 Å². The molecule has 1 nitrogen and oxygen atoms in total. The topological polar surface area (TPSA) is 12.0 Å². The van der Waals surface area contributed by atoms with Crippen LogP contribution >= 0.6 is 38.9 Å². The van der Waals surface area contributed by atoms with Crippen LogP contribution in [0.15, 0.2) is 28.7 Å². The molecule has 1 N–H and O–H groups in total. The Hall–Kier alpha value is -0.350. The minimum Gasteiger partial charge on any atom is -0.306 e. The zero-order chi connectivity index (χ0) is 14.7. The molecule has 1 unspecified atom stereocenters. The largest absolute Gasteiger partial charge is 0.306 e. The minimum absolute atomic E-state index is 0.212. The molecule has 0 radical (unpaired) electrons. The van der Waals surface area contributed by atoms with Gasteiger partial charge in [0.25, 0.3) is 0 Å². The van der Waals surface area contributed by atoms with E-state index >= 15 is 0 Å². The van der Waals surface area contributed by atoms with Crippen molar-refractivity contribution in [1.82, 2.24) is 5.32 Å². The van der Waals surface area contributed by atoms with E-state index in [1.165, 1.54) is 16.0 Å². The Morgan fingerprint density at radius 2 is 2.00 bits per heavy atom. The summed E-state index contributed by atoms with van der Waals surface area (Å²) in [5, 5.41) is 3.64. The van der Waals surface area contributed by atoms with Gasteiger partial charge in [-0.15, -0.1) is 11.3 Å². The van der Waals surface area contributed by atoms with Gasteiger partial charge in [-0.3, -0.25) is 0 Å². The molecule has 0 aliphatic carbocycles. The number of aryl methyl sites for hydroxylation is 2. The summed E-state index contributed by atoms with van der Waals surface area (Å²) in [6.45, 7) is 7.40. The summed E-state index contributed by atoms with van der Waals surface area (Å²) in [5.74, 6) is 0. The fourth-order valence-electron chi connectivity index (χ4n) is 2.20. The van der Waals surface area contributed by atoms with Crippen LogP contribution in [0.4, 0.5) is 0 Å². The van der Waals surface area contributed by atoms with Gasteiger partial charge in [0.15, 0.2) is 0 Å². The van der Waals surface area contributed by atoms with E-state index in [1.54, 1.807) is 11.3 Å². The molecule has 4 heteroatoms. The number of nitrogens with one attached hydrogen (secondary N) is 1. The Balaban J connectivity index is 2.43. The molecule has 1 heterocycles. The summed E-state index contributed by atoms with van der Waals surface area (Å²) >= 11 is 11.5. The molecule has 2 rings (SSSR count). The zero-order valence-corrected chi connectivity index (χ0v) is 15.1. The van der Waals surface area contributed by atoms with Crippen LogP contribution in [0.3, 0.4) is 0 Å². The number of hydrogen-bond donors (Lipinski definition) is 1. The highest BCUT2D eigenvalue weighted by atomic mass is 79.9. The molecular formula is C16H19BrClNS. The third kappa shape index (κ3) is 3.64. The summed E-state index contributed by atoms with van der Waals surface area (Å²) < 4.78 is 2.00. The first-order valence-electron chi connectivity index (χ1n) is 6.78. The van der Waals surface area contributed by atoms with Crippen LogP contribution < -0.4 is 5.32 Å². The van der Waals surface area contributed by atoms with Crippen LogP contribution in [0.5, 0.6) is 0 Å². The predicted molar refractivity (Wildman–Crippen MR) is 93.1 cm³/mol. The second-order valence-electron chi connectivity index (χ2n) is 4.99. The Bertz CT molecular complexity index is 575. The first-order valence-corrected chi connectivity index (χ1v) is 8.77. The Morgan fingerprint density at radius 1 is 1.25 bits per heavy atom. The van der Waals surface area contributed by atoms with Crippen LogP contribution in [0.2, 0.25) is 4.34 Å². The summed E-state index contributed by atoms with van der Waals surface area (Å²) in [4.78, 5) is 1.28. The van der Waals surface area contributed by atoms with Gasteiger partial charge in [0.2, 0.25) is 0 Å². The second-order valence-corrected chi connectivity index (χ2v) is 7.60. The molecule has 0 saturated heterocycles. The molecule has 1 aromatic heterocycles. The first-order chi connectivity index (χ1) is 9.52. The minimum atomic E-state index is 0.212. The number of hydrogen-bond acceptors (Lipinski definition) is 2. The Kier molecular flexibility index (Phi) is 5.67. The Labute approximate surface area is 138 Å². The van der Waals surface area contributed by atoms with Crippen molar-refractivity contribution < 1.29 is 0 Å². The van der Waals surface area contributed by atoms with Crippen molar-refractivity contribution in [1.29, 1.82) is 0 Å². The second kappa shape index (κ2) is 7.08.